The van der Waals surface area contributed by atoms with E-state index in [-0.39, 0.29) is 5.91 Å². The molecule has 1 heterocycles. The molecule has 2 aromatic carbocycles. The van der Waals surface area contributed by atoms with Crippen LogP contribution in [0.5, 0.6) is 0 Å². The molecular formula is C19H16ClN3O3. The summed E-state index contributed by atoms with van der Waals surface area (Å²) in [5, 5.41) is 8.12. The molecule has 26 heavy (non-hydrogen) atoms. The number of rotatable bonds is 4. The summed E-state index contributed by atoms with van der Waals surface area (Å²) in [4.78, 5) is 35.6. The van der Waals surface area contributed by atoms with Crippen LogP contribution in [0.25, 0.3) is 6.08 Å². The lowest BCUT2D eigenvalue weighted by Gasteiger charge is -2.21. The Kier molecular flexibility index (Phi) is 4.77. The van der Waals surface area contributed by atoms with E-state index in [4.69, 9.17) is 11.6 Å². The van der Waals surface area contributed by atoms with Gasteiger partial charge in [0.15, 0.2) is 0 Å². The number of halogens is 1. The third-order valence-corrected chi connectivity index (χ3v) is 4.26. The Morgan fingerprint density at radius 1 is 1.15 bits per heavy atom. The van der Waals surface area contributed by atoms with Gasteiger partial charge < -0.3 is 10.6 Å². The monoisotopic (exact) mass is 369 g/mol. The second-order valence-electron chi connectivity index (χ2n) is 5.99. The average Bonchev–Trinajstić information content (AvgIpc) is 2.86. The van der Waals surface area contributed by atoms with Crippen LogP contribution in [0, 0.1) is 0 Å². The molecular weight excluding hydrogens is 354 g/mol. The molecule has 1 atom stereocenters. The van der Waals surface area contributed by atoms with E-state index < -0.39 is 17.5 Å². The van der Waals surface area contributed by atoms with Crippen molar-refractivity contribution >= 4 is 41.2 Å². The maximum atomic E-state index is 12.1. The molecule has 1 fully saturated rings. The first-order valence-electron chi connectivity index (χ1n) is 7.85. The second-order valence-corrected chi connectivity index (χ2v) is 6.43. The summed E-state index contributed by atoms with van der Waals surface area (Å²) in [6.45, 7) is 1.60. The number of imide groups is 1. The first-order valence-corrected chi connectivity index (χ1v) is 8.23. The molecule has 1 aliphatic rings. The van der Waals surface area contributed by atoms with Crippen LogP contribution in [-0.2, 0) is 15.1 Å². The smallest absolute Gasteiger partial charge is 0.322 e. The Morgan fingerprint density at radius 3 is 2.62 bits per heavy atom. The lowest BCUT2D eigenvalue weighted by atomic mass is 9.92. The minimum atomic E-state index is -1.17. The van der Waals surface area contributed by atoms with E-state index in [1.54, 1.807) is 55.5 Å². The van der Waals surface area contributed by atoms with Gasteiger partial charge in [-0.2, -0.15) is 0 Å². The molecule has 0 aromatic heterocycles. The van der Waals surface area contributed by atoms with Gasteiger partial charge in [-0.15, -0.1) is 0 Å². The summed E-state index contributed by atoms with van der Waals surface area (Å²) < 4.78 is 0. The second kappa shape index (κ2) is 7.01. The molecule has 1 aliphatic heterocycles. The van der Waals surface area contributed by atoms with Gasteiger partial charge in [0.2, 0.25) is 5.91 Å². The third-order valence-electron chi connectivity index (χ3n) is 4.03. The first kappa shape index (κ1) is 17.7. The number of hydrogen-bond acceptors (Lipinski definition) is 3. The lowest BCUT2D eigenvalue weighted by Crippen LogP contribution is -2.40. The fourth-order valence-corrected chi connectivity index (χ4v) is 2.82. The molecule has 1 saturated heterocycles. The maximum Gasteiger partial charge on any atom is 0.322 e. The van der Waals surface area contributed by atoms with Gasteiger partial charge in [-0.25, -0.2) is 4.79 Å². The number of hydrogen-bond donors (Lipinski definition) is 3. The summed E-state index contributed by atoms with van der Waals surface area (Å²) in [5.74, 6) is -0.765. The predicted octanol–water partition coefficient (Wildman–Crippen LogP) is 3.05. The highest BCUT2D eigenvalue weighted by Crippen LogP contribution is 2.26. The molecule has 132 valence electrons. The molecule has 3 rings (SSSR count). The number of nitrogens with one attached hydrogen (secondary N) is 3. The topological polar surface area (TPSA) is 87.3 Å². The average molecular weight is 370 g/mol. The van der Waals surface area contributed by atoms with E-state index in [1.807, 2.05) is 6.07 Å². The molecule has 0 radical (unpaired) electrons. The number of urea groups is 1. The van der Waals surface area contributed by atoms with Crippen molar-refractivity contribution in [1.82, 2.24) is 10.6 Å². The van der Waals surface area contributed by atoms with Crippen molar-refractivity contribution in [2.45, 2.75) is 12.5 Å². The van der Waals surface area contributed by atoms with Crippen molar-refractivity contribution in [3.8, 4) is 0 Å². The van der Waals surface area contributed by atoms with Crippen molar-refractivity contribution in [1.29, 1.82) is 0 Å². The normalized spacial score (nSPS) is 19.3. The SMILES string of the molecule is CC1(c2cccc(NC(=O)/C=C/c3cccc(Cl)c3)c2)NC(=O)NC1=O. The predicted molar refractivity (Wildman–Crippen MR) is 99.6 cm³/mol. The molecule has 7 heteroatoms. The van der Waals surface area contributed by atoms with Crippen LogP contribution < -0.4 is 16.0 Å². The number of anilines is 1. The van der Waals surface area contributed by atoms with Gasteiger partial charge in [0, 0.05) is 16.8 Å². The minimum Gasteiger partial charge on any atom is -0.323 e. The van der Waals surface area contributed by atoms with Gasteiger partial charge in [-0.1, -0.05) is 35.9 Å². The van der Waals surface area contributed by atoms with Crippen molar-refractivity contribution in [2.75, 3.05) is 5.32 Å². The highest BCUT2D eigenvalue weighted by Gasteiger charge is 2.43. The van der Waals surface area contributed by atoms with Crippen molar-refractivity contribution in [3.05, 3.63) is 70.8 Å². The molecule has 2 aromatic rings. The zero-order chi connectivity index (χ0) is 18.7. The van der Waals surface area contributed by atoms with Gasteiger partial charge >= 0.3 is 6.03 Å². The first-order chi connectivity index (χ1) is 12.4. The number of carbonyl (C=O) groups is 3. The Hall–Kier alpha value is -3.12. The van der Waals surface area contributed by atoms with E-state index in [0.717, 1.165) is 5.56 Å². The summed E-state index contributed by atoms with van der Waals surface area (Å²) >= 11 is 5.91. The molecule has 1 unspecified atom stereocenters. The molecule has 6 nitrogen and oxygen atoms in total. The van der Waals surface area contributed by atoms with Gasteiger partial charge in [0.05, 0.1) is 0 Å². The Bertz CT molecular complexity index is 926. The van der Waals surface area contributed by atoms with E-state index in [1.165, 1.54) is 6.08 Å². The number of amides is 4. The number of carbonyl (C=O) groups excluding carboxylic acids is 3. The Morgan fingerprint density at radius 2 is 1.92 bits per heavy atom. The van der Waals surface area contributed by atoms with Gasteiger partial charge in [0.1, 0.15) is 5.54 Å². The minimum absolute atomic E-state index is 0.327. The summed E-state index contributed by atoms with van der Waals surface area (Å²) in [6.07, 6.45) is 3.04. The summed E-state index contributed by atoms with van der Waals surface area (Å²) in [6, 6.07) is 13.3. The lowest BCUT2D eigenvalue weighted by molar-refractivity contribution is -0.123. The highest BCUT2D eigenvalue weighted by atomic mass is 35.5. The van der Waals surface area contributed by atoms with E-state index in [0.29, 0.717) is 16.3 Å². The van der Waals surface area contributed by atoms with E-state index in [2.05, 4.69) is 16.0 Å². The third kappa shape index (κ3) is 3.75. The Balaban J connectivity index is 1.74. The maximum absolute atomic E-state index is 12.1. The molecule has 0 saturated carbocycles. The van der Waals surface area contributed by atoms with Gasteiger partial charge in [-0.05, 0) is 48.4 Å². The van der Waals surface area contributed by atoms with Crippen LogP contribution in [-0.4, -0.2) is 17.8 Å². The zero-order valence-corrected chi connectivity index (χ0v) is 14.6. The largest absolute Gasteiger partial charge is 0.323 e. The summed E-state index contributed by atoms with van der Waals surface area (Å²) in [7, 11) is 0. The number of benzene rings is 2. The van der Waals surface area contributed by atoms with Gasteiger partial charge in [0.25, 0.3) is 5.91 Å². The molecule has 3 N–H and O–H groups in total. The van der Waals surface area contributed by atoms with Crippen molar-refractivity contribution in [2.24, 2.45) is 0 Å². The molecule has 0 bridgehead atoms. The Labute approximate surface area is 155 Å². The standard InChI is InChI=1S/C19H16ClN3O3/c1-19(17(25)22-18(26)23-19)13-5-3-7-15(11-13)21-16(24)9-8-12-4-2-6-14(20)10-12/h2-11H,1H3,(H,21,24)(H2,22,23,25,26)/b9-8+. The fraction of sp³-hybridized carbons (Fsp3) is 0.105. The van der Waals surface area contributed by atoms with Crippen molar-refractivity contribution < 1.29 is 14.4 Å². The van der Waals surface area contributed by atoms with Gasteiger partial charge in [-0.3, -0.25) is 14.9 Å². The van der Waals surface area contributed by atoms with Crippen LogP contribution in [0.4, 0.5) is 10.5 Å². The van der Waals surface area contributed by atoms with Crippen LogP contribution in [0.3, 0.4) is 0 Å². The van der Waals surface area contributed by atoms with Crippen molar-refractivity contribution in [3.63, 3.8) is 0 Å². The molecule has 4 amide bonds. The van der Waals surface area contributed by atoms with E-state index >= 15 is 0 Å². The van der Waals surface area contributed by atoms with E-state index in [9.17, 15) is 14.4 Å². The van der Waals surface area contributed by atoms with Crippen LogP contribution >= 0.6 is 11.6 Å². The van der Waals surface area contributed by atoms with Crippen LogP contribution in [0.1, 0.15) is 18.1 Å². The molecule has 0 spiro atoms. The summed E-state index contributed by atoms with van der Waals surface area (Å²) in [5.41, 5.74) is 0.712. The fourth-order valence-electron chi connectivity index (χ4n) is 2.62. The highest BCUT2D eigenvalue weighted by molar-refractivity contribution is 6.30. The van der Waals surface area contributed by atoms with Crippen LogP contribution in [0.15, 0.2) is 54.6 Å². The zero-order valence-electron chi connectivity index (χ0n) is 13.9. The molecule has 0 aliphatic carbocycles. The van der Waals surface area contributed by atoms with Crippen LogP contribution in [0.2, 0.25) is 5.02 Å². The quantitative estimate of drug-likeness (QED) is 0.571.